The summed E-state index contributed by atoms with van der Waals surface area (Å²) in [5, 5.41) is 0.884. The largest absolute Gasteiger partial charge is 0.468 e. The highest BCUT2D eigenvalue weighted by Crippen LogP contribution is 2.59. The lowest BCUT2D eigenvalue weighted by atomic mass is 9.35. The fraction of sp³-hybridized carbons (Fsp3) is 0.367. The van der Waals surface area contributed by atoms with Gasteiger partial charge in [-0.15, -0.1) is 0 Å². The summed E-state index contributed by atoms with van der Waals surface area (Å²) in [5.41, 5.74) is 21.8. The van der Waals surface area contributed by atoms with Crippen molar-refractivity contribution >= 4 is 85.5 Å². The predicted molar refractivity (Wildman–Crippen MR) is 362 cm³/mol. The molecule has 13 rings (SSSR count). The van der Waals surface area contributed by atoms with Gasteiger partial charge in [0, 0.05) is 45.1 Å². The summed E-state index contributed by atoms with van der Waals surface area (Å²) in [6.07, 6.45) is 3.85. The predicted octanol–water partition coefficient (Wildman–Crippen LogP) is 20.5. The molecule has 0 amide bonds. The quantitative estimate of drug-likeness (QED) is 0.155. The molecule has 0 atom stereocenters. The third kappa shape index (κ3) is 8.50. The number of nitrogens with zero attached hydrogens (tertiary/aromatic N) is 3. The van der Waals surface area contributed by atoms with E-state index in [1.165, 1.54) is 60.5 Å². The van der Waals surface area contributed by atoms with Gasteiger partial charge in [0.05, 0.1) is 36.4 Å². The number of para-hydroxylation sites is 2. The Balaban J connectivity index is 1.31. The van der Waals surface area contributed by atoms with E-state index in [9.17, 15) is 11.0 Å². The number of hydrogen-bond donors (Lipinski definition) is 0. The Morgan fingerprint density at radius 1 is 0.476 bits per heavy atom. The summed E-state index contributed by atoms with van der Waals surface area (Å²) in [6.45, 7) is 42.9. The van der Waals surface area contributed by atoms with E-state index in [1.807, 2.05) is 12.1 Å². The van der Waals surface area contributed by atoms with Gasteiger partial charge in [-0.3, -0.25) is 0 Å². The average molecular weight is 1120 g/mol. The van der Waals surface area contributed by atoms with Gasteiger partial charge in [-0.1, -0.05) is 164 Å². The van der Waals surface area contributed by atoms with Gasteiger partial charge in [-0.2, -0.15) is 0 Å². The van der Waals surface area contributed by atoms with E-state index in [-0.39, 0.29) is 49.6 Å². The summed E-state index contributed by atoms with van der Waals surface area (Å²) in [7, 11) is 0. The van der Waals surface area contributed by atoms with Crippen molar-refractivity contribution in [3.8, 4) is 11.1 Å². The van der Waals surface area contributed by atoms with Crippen molar-refractivity contribution in [2.45, 2.75) is 190 Å². The Bertz CT molecular complexity index is 4630. The molecular weight excluding hydrogens is 1020 g/mol. The molecule has 9 aromatic rings. The van der Waals surface area contributed by atoms with Crippen LogP contribution in [0, 0.1) is 34.6 Å². The Morgan fingerprint density at radius 2 is 0.976 bits per heavy atom. The minimum atomic E-state index is -0.637. The van der Waals surface area contributed by atoms with E-state index in [2.05, 4.69) is 208 Å². The number of rotatable bonds is 6. The minimum Gasteiger partial charge on any atom is -0.468 e. The first-order valence-corrected chi connectivity index (χ1v) is 30.5. The molecule has 0 radical (unpaired) electrons. The molecule has 3 heterocycles. The Hall–Kier alpha value is -7.24. The highest BCUT2D eigenvalue weighted by atomic mass is 16.3. The monoisotopic (exact) mass is 1120 g/mol. The molecule has 0 unspecified atom stereocenters. The summed E-state index contributed by atoms with van der Waals surface area (Å²) >= 11 is 0. The molecule has 8 aromatic carbocycles. The molecule has 0 saturated carbocycles. The standard InChI is InChI=1S/C79H88BN3O/c1-47-48(2)50(4)68(51(5)49(47)3)69-63(36-35-59-70(69)79(18,19)41-40-76(59,12)13)83-64-46-61-60(77(14,15)38-39-78(61,16)17)45-62(64)80-71-65(43-57(44-66(71)83)81(54-26-22-20-23-27-54)55-28-24-21-25-29-55)82(56-33-30-52(31-34-56)74(6,7)8)72-58-42-53(75(9,10)11)32-37-67(58)84-73(72)80/h20-37,42-46H,38-41H2,1-19H3/i20D,21D,22D,23D,24D,25D,26D,27D,28D,29D. The molecule has 2 aliphatic heterocycles. The van der Waals surface area contributed by atoms with Crippen LogP contribution in [0.25, 0.3) is 22.1 Å². The molecule has 0 spiro atoms. The van der Waals surface area contributed by atoms with Crippen LogP contribution in [0.3, 0.4) is 0 Å². The molecule has 0 bridgehead atoms. The van der Waals surface area contributed by atoms with Gasteiger partial charge in [0.2, 0.25) is 0 Å². The van der Waals surface area contributed by atoms with E-state index < -0.39 is 67.1 Å². The molecule has 4 nitrogen and oxygen atoms in total. The molecule has 5 heteroatoms. The summed E-state index contributed by atoms with van der Waals surface area (Å²) < 4.78 is 102. The van der Waals surface area contributed by atoms with Crippen molar-refractivity contribution < 1.29 is 18.1 Å². The second kappa shape index (κ2) is 18.9. The van der Waals surface area contributed by atoms with Crippen molar-refractivity contribution in [3.05, 3.63) is 200 Å². The topological polar surface area (TPSA) is 22.9 Å². The van der Waals surface area contributed by atoms with Crippen LogP contribution in [-0.4, -0.2) is 6.71 Å². The third-order valence-electron chi connectivity index (χ3n) is 20.6. The van der Waals surface area contributed by atoms with Crippen molar-refractivity contribution in [1.82, 2.24) is 0 Å². The summed E-state index contributed by atoms with van der Waals surface area (Å²) in [4.78, 5) is 6.05. The molecule has 1 aromatic heterocycles. The first kappa shape index (κ1) is 45.2. The van der Waals surface area contributed by atoms with Crippen LogP contribution in [0.2, 0.25) is 0 Å². The van der Waals surface area contributed by atoms with Gasteiger partial charge in [0.25, 0.3) is 6.71 Å². The molecule has 0 saturated heterocycles. The van der Waals surface area contributed by atoms with Gasteiger partial charge >= 0.3 is 0 Å². The van der Waals surface area contributed by atoms with Crippen LogP contribution in [0.5, 0.6) is 0 Å². The number of fused-ring (bicyclic) bond motifs is 8. The SMILES string of the molecule is [2H]c1c([2H])c([2H])c(N(c2cc3c4c(c2)N(c2ccc(C(C)(C)C)cc2)c2c(oc5ccc(C(C)(C)C)cc25)B4c2cc4c(cc2N3c2ccc3c(c2-c2c(C)c(C)c(C)c(C)c2C)C(C)(C)CCC3(C)C)C(C)(C)CCC4(C)C)c2c([2H])c([2H])c([2H])c([2H])c2[2H])c([2H])c1[2H]. The molecule has 0 N–H and O–H groups in total. The first-order chi connectivity index (χ1) is 43.6. The second-order valence-corrected chi connectivity index (χ2v) is 29.7. The summed E-state index contributed by atoms with van der Waals surface area (Å²) in [5.74, 6) is 0. The first-order valence-electron chi connectivity index (χ1n) is 35.5. The van der Waals surface area contributed by atoms with Crippen molar-refractivity contribution in [2.75, 3.05) is 14.7 Å². The minimum absolute atomic E-state index is 0.199. The van der Waals surface area contributed by atoms with E-state index in [4.69, 9.17) is 7.16 Å². The van der Waals surface area contributed by atoms with Crippen LogP contribution in [0.15, 0.2) is 144 Å². The van der Waals surface area contributed by atoms with Crippen LogP contribution in [-0.2, 0) is 32.5 Å². The number of benzene rings is 8. The van der Waals surface area contributed by atoms with Gasteiger partial charge < -0.3 is 19.1 Å². The van der Waals surface area contributed by atoms with Crippen LogP contribution in [0.4, 0.5) is 51.2 Å². The van der Waals surface area contributed by atoms with Crippen molar-refractivity contribution in [3.63, 3.8) is 0 Å². The zero-order valence-corrected chi connectivity index (χ0v) is 53.2. The van der Waals surface area contributed by atoms with Crippen LogP contribution >= 0.6 is 0 Å². The number of hydrogen-bond acceptors (Lipinski definition) is 4. The van der Waals surface area contributed by atoms with Gasteiger partial charge in [-0.25, -0.2) is 0 Å². The van der Waals surface area contributed by atoms with Gasteiger partial charge in [0.15, 0.2) is 0 Å². The lowest BCUT2D eigenvalue weighted by Crippen LogP contribution is -2.61. The normalized spacial score (nSPS) is 18.8. The maximum Gasteiger partial charge on any atom is 0.297 e. The average Bonchev–Trinajstić information content (AvgIpc) is 1.11. The van der Waals surface area contributed by atoms with Crippen LogP contribution < -0.4 is 31.3 Å². The van der Waals surface area contributed by atoms with E-state index >= 15 is 0 Å². The molecule has 428 valence electrons. The third-order valence-corrected chi connectivity index (χ3v) is 20.6. The zero-order valence-electron chi connectivity index (χ0n) is 63.2. The maximum atomic E-state index is 9.87. The molecule has 4 aliphatic rings. The molecule has 0 fully saturated rings. The lowest BCUT2D eigenvalue weighted by molar-refractivity contribution is 0.332. The molecule has 2 aliphatic carbocycles. The Kier molecular flexibility index (Phi) is 10.2. The zero-order chi connectivity index (χ0) is 68.4. The van der Waals surface area contributed by atoms with Gasteiger partial charge in [0.1, 0.15) is 5.58 Å². The number of anilines is 9. The fourth-order valence-electron chi connectivity index (χ4n) is 14.9. The highest BCUT2D eigenvalue weighted by molar-refractivity contribution is 7.00. The Labute approximate surface area is 517 Å². The van der Waals surface area contributed by atoms with Gasteiger partial charge in [-0.05, 0) is 243 Å². The summed E-state index contributed by atoms with van der Waals surface area (Å²) in [6, 6.07) is 22.5. The maximum absolute atomic E-state index is 9.87. The van der Waals surface area contributed by atoms with Crippen molar-refractivity contribution in [1.29, 1.82) is 0 Å². The van der Waals surface area contributed by atoms with E-state index in [0.29, 0.717) is 17.0 Å². The lowest BCUT2D eigenvalue weighted by Gasteiger charge is -2.48. The van der Waals surface area contributed by atoms with Crippen molar-refractivity contribution in [2.24, 2.45) is 0 Å². The van der Waals surface area contributed by atoms with Crippen LogP contribution in [0.1, 0.15) is 198 Å². The van der Waals surface area contributed by atoms with E-state index in [1.54, 1.807) is 0 Å². The number of furan rings is 1. The second-order valence-electron chi connectivity index (χ2n) is 29.7. The molecule has 84 heavy (non-hydrogen) atoms. The Morgan fingerprint density at radius 3 is 1.54 bits per heavy atom. The highest BCUT2D eigenvalue weighted by Gasteiger charge is 2.51. The smallest absolute Gasteiger partial charge is 0.297 e. The molecular formula is C79H88BN3O. The van der Waals surface area contributed by atoms with E-state index in [0.717, 1.165) is 87.1 Å². The fourth-order valence-corrected chi connectivity index (χ4v) is 14.9.